The highest BCUT2D eigenvalue weighted by Gasteiger charge is 2.27. The average molecular weight is 160 g/mol. The molecule has 2 atom stereocenters. The molecule has 0 aromatic rings. The van der Waals surface area contributed by atoms with Crippen LogP contribution in [0.1, 0.15) is 0 Å². The van der Waals surface area contributed by atoms with E-state index in [0.717, 1.165) is 5.70 Å². The normalized spacial score (nSPS) is 31.8. The van der Waals surface area contributed by atoms with E-state index in [2.05, 4.69) is 10.3 Å². The van der Waals surface area contributed by atoms with Gasteiger partial charge < -0.3 is 10.1 Å². The fourth-order valence-electron chi connectivity index (χ4n) is 1.44. The maximum absolute atomic E-state index is 5.81. The number of hydrogen-bond acceptors (Lipinski definition) is 3. The summed E-state index contributed by atoms with van der Waals surface area (Å²) < 4.78 is 5.08. The predicted octanol–water partition coefficient (Wildman–Crippen LogP) is 0.576. The second-order valence-electron chi connectivity index (χ2n) is 2.81. The van der Waals surface area contributed by atoms with Crippen molar-refractivity contribution in [3.05, 3.63) is 23.9 Å². The van der Waals surface area contributed by atoms with Gasteiger partial charge in [-0.25, -0.2) is 4.99 Å². The summed E-state index contributed by atoms with van der Waals surface area (Å²) in [6, 6.07) is 0. The minimum atomic E-state index is -0.0369. The number of hydrogen-bond donors (Lipinski definition) is 1. The van der Waals surface area contributed by atoms with Crippen molar-refractivity contribution in [1.29, 1.82) is 0 Å². The topological polar surface area (TPSA) is 33.6 Å². The first kappa shape index (κ1) is 7.46. The quantitative estimate of drug-likeness (QED) is 0.569. The van der Waals surface area contributed by atoms with Crippen LogP contribution in [0.5, 0.6) is 0 Å². The Hall–Kier alpha value is -1.19. The van der Waals surface area contributed by atoms with Crippen LogP contribution in [0.25, 0.3) is 0 Å². The highest BCUT2D eigenvalue weighted by atomic mass is 16.5. The zero-order valence-electron chi connectivity index (χ0n) is 6.82. The maximum Gasteiger partial charge on any atom is 0.233 e. The molecule has 60 valence electrons. The van der Waals surface area contributed by atoms with Gasteiger partial charge in [-0.1, -0.05) is 6.08 Å². The van der Waals surface area contributed by atoms with Crippen molar-refractivity contribution in [1.82, 2.24) is 5.32 Å². The van der Waals surface area contributed by atoms with Gasteiger partial charge >= 0.3 is 0 Å². The molecule has 2 unspecified atom stereocenters. The molecule has 0 aliphatic carbocycles. The molecule has 1 N–H and O–H groups in total. The Morgan fingerprint density at radius 3 is 3.25 bits per heavy atom. The first-order valence-electron chi connectivity index (χ1n) is 3.84. The largest absolute Gasteiger partial charge is 0.480 e. The summed E-state index contributed by atoms with van der Waals surface area (Å²) in [4.78, 5) is 4.08. The minimum Gasteiger partial charge on any atom is -0.480 e. The van der Waals surface area contributed by atoms with Crippen molar-refractivity contribution < 1.29 is 4.74 Å². The van der Waals surface area contributed by atoms with Crippen LogP contribution in [-0.2, 0) is 4.74 Å². The van der Waals surface area contributed by atoms with E-state index in [1.54, 1.807) is 13.3 Å². The molecule has 0 aromatic carbocycles. The van der Waals surface area contributed by atoms with E-state index in [9.17, 15) is 0 Å². The summed E-state index contributed by atoms with van der Waals surface area (Å²) in [6.45, 7) is 0. The molecule has 0 spiro atoms. The second-order valence-corrected chi connectivity index (χ2v) is 2.81. The molecule has 0 amide bonds. The number of fused-ring (bicyclic) bond motifs is 1. The van der Waals surface area contributed by atoms with Crippen molar-refractivity contribution in [2.75, 3.05) is 7.11 Å². The molecule has 2 radical (unpaired) electrons. The molecule has 0 saturated heterocycles. The van der Waals surface area contributed by atoms with Gasteiger partial charge in [0, 0.05) is 12.1 Å². The van der Waals surface area contributed by atoms with E-state index in [1.165, 1.54) is 0 Å². The maximum atomic E-state index is 5.81. The molecule has 0 bridgehead atoms. The molecule has 3 nitrogen and oxygen atoms in total. The second kappa shape index (κ2) is 2.70. The summed E-state index contributed by atoms with van der Waals surface area (Å²) in [6.07, 6.45) is 5.60. The molecule has 12 heavy (non-hydrogen) atoms. The van der Waals surface area contributed by atoms with Crippen molar-refractivity contribution in [3.8, 4) is 0 Å². The van der Waals surface area contributed by atoms with Gasteiger partial charge in [-0.3, -0.25) is 0 Å². The standard InChI is InChI=1S/C8H9BN2O/c1-12-8-7-5(2-3-10-7)6(9)4-11-8/h2-6,10H,1H3. The highest BCUT2D eigenvalue weighted by Crippen LogP contribution is 2.31. The van der Waals surface area contributed by atoms with E-state index in [0.29, 0.717) is 5.88 Å². The molecule has 0 fully saturated rings. The fourth-order valence-corrected chi connectivity index (χ4v) is 1.44. The SMILES string of the molecule is [B]C1C=NC(OC)=C2NC=CC21. The lowest BCUT2D eigenvalue weighted by molar-refractivity contribution is 0.276. The Labute approximate surface area is 72.6 Å². The predicted molar refractivity (Wildman–Crippen MR) is 47.8 cm³/mol. The fraction of sp³-hybridized carbons (Fsp3) is 0.375. The lowest BCUT2D eigenvalue weighted by Crippen LogP contribution is -2.20. The van der Waals surface area contributed by atoms with Crippen molar-refractivity contribution in [2.24, 2.45) is 10.9 Å². The van der Waals surface area contributed by atoms with Crippen molar-refractivity contribution in [2.45, 2.75) is 5.82 Å². The van der Waals surface area contributed by atoms with Crippen LogP contribution >= 0.6 is 0 Å². The molecule has 2 aliphatic rings. The van der Waals surface area contributed by atoms with Crippen molar-refractivity contribution >= 4 is 14.1 Å². The molecule has 4 heteroatoms. The van der Waals surface area contributed by atoms with Crippen molar-refractivity contribution in [3.63, 3.8) is 0 Å². The zero-order valence-corrected chi connectivity index (χ0v) is 6.82. The summed E-state index contributed by atoms with van der Waals surface area (Å²) in [5.41, 5.74) is 0.965. The third-order valence-corrected chi connectivity index (χ3v) is 2.08. The molecule has 2 rings (SSSR count). The number of allylic oxidation sites excluding steroid dienone is 1. The lowest BCUT2D eigenvalue weighted by Gasteiger charge is -2.21. The lowest BCUT2D eigenvalue weighted by atomic mass is 9.75. The number of rotatable bonds is 1. The third kappa shape index (κ3) is 0.949. The van der Waals surface area contributed by atoms with Crippen LogP contribution in [0.3, 0.4) is 0 Å². The van der Waals surface area contributed by atoms with Gasteiger partial charge in [0.25, 0.3) is 0 Å². The van der Waals surface area contributed by atoms with Gasteiger partial charge in [-0.2, -0.15) is 0 Å². The Kier molecular flexibility index (Phi) is 1.68. The van der Waals surface area contributed by atoms with E-state index in [-0.39, 0.29) is 11.7 Å². The Morgan fingerprint density at radius 2 is 2.50 bits per heavy atom. The number of nitrogens with zero attached hydrogens (tertiary/aromatic N) is 1. The average Bonchev–Trinajstić information content (AvgIpc) is 2.54. The van der Waals surface area contributed by atoms with Gasteiger partial charge in [0.05, 0.1) is 20.7 Å². The van der Waals surface area contributed by atoms with Gasteiger partial charge in [0.15, 0.2) is 0 Å². The molecule has 0 saturated carbocycles. The monoisotopic (exact) mass is 160 g/mol. The first-order chi connectivity index (χ1) is 5.83. The van der Waals surface area contributed by atoms with Gasteiger partial charge in [-0.15, -0.1) is 0 Å². The third-order valence-electron chi connectivity index (χ3n) is 2.08. The summed E-state index contributed by atoms with van der Waals surface area (Å²) in [5.74, 6) is 0.800. The van der Waals surface area contributed by atoms with E-state index >= 15 is 0 Å². The minimum absolute atomic E-state index is 0.0369. The summed E-state index contributed by atoms with van der Waals surface area (Å²) in [7, 11) is 7.41. The summed E-state index contributed by atoms with van der Waals surface area (Å²) in [5, 5.41) is 3.07. The Balaban J connectivity index is 2.35. The molecule has 2 heterocycles. The Morgan fingerprint density at radius 1 is 1.67 bits per heavy atom. The number of nitrogens with one attached hydrogen (secondary N) is 1. The Bertz CT molecular complexity index is 283. The van der Waals surface area contributed by atoms with Crippen LogP contribution in [0.4, 0.5) is 0 Å². The van der Waals surface area contributed by atoms with Crippen LogP contribution in [-0.4, -0.2) is 21.2 Å². The molecular formula is C8H9BN2O. The highest BCUT2D eigenvalue weighted by molar-refractivity contribution is 6.21. The molecule has 0 aromatic heterocycles. The van der Waals surface area contributed by atoms with Crippen LogP contribution in [0.2, 0.25) is 5.82 Å². The van der Waals surface area contributed by atoms with Crippen LogP contribution in [0, 0.1) is 5.92 Å². The van der Waals surface area contributed by atoms with E-state index in [1.807, 2.05) is 12.3 Å². The number of aliphatic imine (C=N–C) groups is 1. The number of ether oxygens (including phenoxy) is 1. The van der Waals surface area contributed by atoms with E-state index in [4.69, 9.17) is 12.6 Å². The summed E-state index contributed by atoms with van der Waals surface area (Å²) >= 11 is 0. The van der Waals surface area contributed by atoms with Crippen LogP contribution in [0.15, 0.2) is 28.8 Å². The van der Waals surface area contributed by atoms with Crippen LogP contribution < -0.4 is 5.32 Å². The smallest absolute Gasteiger partial charge is 0.233 e. The molecule has 2 aliphatic heterocycles. The van der Waals surface area contributed by atoms with Gasteiger partial charge in [0.2, 0.25) is 5.88 Å². The van der Waals surface area contributed by atoms with Gasteiger partial charge in [0.1, 0.15) is 0 Å². The zero-order chi connectivity index (χ0) is 8.55. The number of methoxy groups -OCH3 is 1. The van der Waals surface area contributed by atoms with E-state index < -0.39 is 0 Å². The van der Waals surface area contributed by atoms with Gasteiger partial charge in [-0.05, 0) is 12.0 Å². The first-order valence-corrected chi connectivity index (χ1v) is 3.84. The molecular weight excluding hydrogens is 151 g/mol.